The third-order valence-electron chi connectivity index (χ3n) is 1.10. The van der Waals surface area contributed by atoms with E-state index in [1.165, 1.54) is 11.8 Å². The number of thioether (sulfide) groups is 1. The fraction of sp³-hybridized carbons (Fsp3) is 0.333. The Morgan fingerprint density at radius 1 is 1.40 bits per heavy atom. The molecule has 0 aliphatic heterocycles. The van der Waals surface area contributed by atoms with Crippen molar-refractivity contribution in [2.24, 2.45) is 0 Å². The van der Waals surface area contributed by atoms with Gasteiger partial charge in [-0.3, -0.25) is 0 Å². The largest absolute Gasteiger partial charge is 0.386 e. The Hall–Kier alpha value is -0.770. The van der Waals surface area contributed by atoms with Gasteiger partial charge in [0, 0.05) is 7.05 Å². The lowest BCUT2D eigenvalue weighted by Gasteiger charge is -1.97. The Morgan fingerprint density at radius 3 is 2.40 bits per heavy atom. The molecule has 54 valence electrons. The van der Waals surface area contributed by atoms with Gasteiger partial charge in [-0.15, -0.1) is 0 Å². The summed E-state index contributed by atoms with van der Waals surface area (Å²) < 4.78 is 0. The van der Waals surface area contributed by atoms with Crippen LogP contribution < -0.4 is 5.32 Å². The molecule has 0 amide bonds. The third kappa shape index (κ3) is 1.60. The highest BCUT2D eigenvalue weighted by atomic mass is 32.2. The van der Waals surface area contributed by atoms with Crippen molar-refractivity contribution in [1.29, 1.82) is 0 Å². The van der Waals surface area contributed by atoms with Gasteiger partial charge in [0.15, 0.2) is 5.16 Å². The van der Waals surface area contributed by atoms with Crippen LogP contribution in [0.4, 0.5) is 5.69 Å². The van der Waals surface area contributed by atoms with E-state index in [0.717, 1.165) is 10.8 Å². The lowest BCUT2D eigenvalue weighted by molar-refractivity contribution is 0.971. The van der Waals surface area contributed by atoms with Crippen LogP contribution in [0.15, 0.2) is 17.6 Å². The van der Waals surface area contributed by atoms with Crippen molar-refractivity contribution in [3.8, 4) is 0 Å². The molecule has 3 nitrogen and oxygen atoms in total. The number of nitrogens with one attached hydrogen (secondary N) is 1. The van der Waals surface area contributed by atoms with E-state index < -0.39 is 0 Å². The zero-order chi connectivity index (χ0) is 7.40. The normalized spacial score (nSPS) is 9.40. The van der Waals surface area contributed by atoms with Crippen molar-refractivity contribution in [3.05, 3.63) is 12.4 Å². The average molecular weight is 155 g/mol. The second-order valence-electron chi connectivity index (χ2n) is 1.71. The number of anilines is 1. The predicted octanol–water partition coefficient (Wildman–Crippen LogP) is 1.24. The summed E-state index contributed by atoms with van der Waals surface area (Å²) in [6.45, 7) is 0. The first-order chi connectivity index (χ1) is 4.86. The van der Waals surface area contributed by atoms with E-state index in [9.17, 15) is 0 Å². The van der Waals surface area contributed by atoms with Crippen LogP contribution in [0.2, 0.25) is 0 Å². The number of nitrogens with zero attached hydrogens (tertiary/aromatic N) is 2. The minimum Gasteiger partial charge on any atom is -0.386 e. The maximum atomic E-state index is 4.06. The highest BCUT2D eigenvalue weighted by molar-refractivity contribution is 7.98. The number of aromatic nitrogens is 2. The van der Waals surface area contributed by atoms with Crippen molar-refractivity contribution in [3.63, 3.8) is 0 Å². The van der Waals surface area contributed by atoms with Crippen LogP contribution >= 0.6 is 11.8 Å². The number of rotatable bonds is 2. The van der Waals surface area contributed by atoms with Gasteiger partial charge >= 0.3 is 0 Å². The van der Waals surface area contributed by atoms with Gasteiger partial charge < -0.3 is 5.32 Å². The Labute approximate surface area is 64.3 Å². The summed E-state index contributed by atoms with van der Waals surface area (Å²) in [5.41, 5.74) is 0.942. The van der Waals surface area contributed by atoms with Gasteiger partial charge in [-0.05, 0) is 6.26 Å². The van der Waals surface area contributed by atoms with Gasteiger partial charge in [0.05, 0.1) is 18.1 Å². The molecule has 1 heterocycles. The summed E-state index contributed by atoms with van der Waals surface area (Å²) in [5, 5.41) is 3.75. The molecule has 0 radical (unpaired) electrons. The smallest absolute Gasteiger partial charge is 0.187 e. The average Bonchev–Trinajstić information content (AvgIpc) is 2.05. The molecular weight excluding hydrogens is 146 g/mol. The third-order valence-corrected chi connectivity index (χ3v) is 1.68. The molecule has 0 spiro atoms. The second-order valence-corrected chi connectivity index (χ2v) is 2.48. The maximum absolute atomic E-state index is 4.06. The summed E-state index contributed by atoms with van der Waals surface area (Å²) >= 11 is 1.54. The van der Waals surface area contributed by atoms with E-state index in [0.29, 0.717) is 0 Å². The second kappa shape index (κ2) is 3.41. The van der Waals surface area contributed by atoms with Gasteiger partial charge in [-0.25, -0.2) is 9.97 Å². The first-order valence-corrected chi connectivity index (χ1v) is 4.13. The molecule has 0 saturated heterocycles. The fourth-order valence-corrected chi connectivity index (χ4v) is 0.867. The van der Waals surface area contributed by atoms with Crippen LogP contribution in [0, 0.1) is 0 Å². The molecule has 4 heteroatoms. The Balaban J connectivity index is 2.80. The molecule has 0 aliphatic carbocycles. The number of hydrogen-bond acceptors (Lipinski definition) is 4. The van der Waals surface area contributed by atoms with Gasteiger partial charge in [0.25, 0.3) is 0 Å². The minimum absolute atomic E-state index is 0.805. The monoisotopic (exact) mass is 155 g/mol. The molecule has 0 unspecified atom stereocenters. The SMILES string of the molecule is CNc1cnc(SC)nc1. The van der Waals surface area contributed by atoms with E-state index in [1.807, 2.05) is 13.3 Å². The lowest BCUT2D eigenvalue weighted by atomic mass is 10.5. The van der Waals surface area contributed by atoms with Crippen LogP contribution in [0.1, 0.15) is 0 Å². The quantitative estimate of drug-likeness (QED) is 0.515. The molecular formula is C6H9N3S. The van der Waals surface area contributed by atoms with Crippen molar-refractivity contribution in [2.45, 2.75) is 5.16 Å². The Morgan fingerprint density at radius 2 is 2.00 bits per heavy atom. The minimum atomic E-state index is 0.805. The molecule has 1 aromatic rings. The first-order valence-electron chi connectivity index (χ1n) is 2.90. The van der Waals surface area contributed by atoms with Crippen LogP contribution in [-0.4, -0.2) is 23.3 Å². The van der Waals surface area contributed by atoms with E-state index in [-0.39, 0.29) is 0 Å². The molecule has 1 N–H and O–H groups in total. The Bertz CT molecular complexity index is 174. The van der Waals surface area contributed by atoms with Crippen LogP contribution in [0.5, 0.6) is 0 Å². The van der Waals surface area contributed by atoms with Crippen molar-refractivity contribution >= 4 is 17.4 Å². The summed E-state index contributed by atoms with van der Waals surface area (Å²) in [6, 6.07) is 0. The van der Waals surface area contributed by atoms with Gasteiger partial charge in [0.1, 0.15) is 0 Å². The predicted molar refractivity (Wildman–Crippen MR) is 43.4 cm³/mol. The van der Waals surface area contributed by atoms with Gasteiger partial charge in [0.2, 0.25) is 0 Å². The van der Waals surface area contributed by atoms with E-state index >= 15 is 0 Å². The summed E-state index contributed by atoms with van der Waals surface area (Å²) in [6.07, 6.45) is 5.48. The summed E-state index contributed by atoms with van der Waals surface area (Å²) in [7, 11) is 1.84. The molecule has 0 atom stereocenters. The van der Waals surface area contributed by atoms with E-state index in [2.05, 4.69) is 15.3 Å². The van der Waals surface area contributed by atoms with E-state index in [4.69, 9.17) is 0 Å². The standard InChI is InChI=1S/C6H9N3S/c1-7-5-3-8-6(10-2)9-4-5/h3-4,7H,1-2H3. The van der Waals surface area contributed by atoms with E-state index in [1.54, 1.807) is 12.4 Å². The zero-order valence-electron chi connectivity index (χ0n) is 5.96. The van der Waals surface area contributed by atoms with Crippen LogP contribution in [0.3, 0.4) is 0 Å². The van der Waals surface area contributed by atoms with Crippen LogP contribution in [0.25, 0.3) is 0 Å². The molecule has 1 aromatic heterocycles. The summed E-state index contributed by atoms with van der Waals surface area (Å²) in [5.74, 6) is 0. The fourth-order valence-electron chi connectivity index (χ4n) is 0.551. The zero-order valence-corrected chi connectivity index (χ0v) is 6.77. The Kier molecular flexibility index (Phi) is 2.50. The molecule has 10 heavy (non-hydrogen) atoms. The topological polar surface area (TPSA) is 37.8 Å². The molecule has 0 bridgehead atoms. The molecule has 0 fully saturated rings. The summed E-state index contributed by atoms with van der Waals surface area (Å²) in [4.78, 5) is 8.11. The number of hydrogen-bond donors (Lipinski definition) is 1. The molecule has 0 saturated carbocycles. The van der Waals surface area contributed by atoms with Gasteiger partial charge in [-0.1, -0.05) is 11.8 Å². The van der Waals surface area contributed by atoms with Crippen LogP contribution in [-0.2, 0) is 0 Å². The lowest BCUT2D eigenvalue weighted by Crippen LogP contribution is -1.91. The molecule has 1 rings (SSSR count). The first kappa shape index (κ1) is 7.34. The van der Waals surface area contributed by atoms with Gasteiger partial charge in [-0.2, -0.15) is 0 Å². The maximum Gasteiger partial charge on any atom is 0.187 e. The highest BCUT2D eigenvalue weighted by Crippen LogP contribution is 2.08. The van der Waals surface area contributed by atoms with Crippen molar-refractivity contribution in [2.75, 3.05) is 18.6 Å². The molecule has 0 aromatic carbocycles. The highest BCUT2D eigenvalue weighted by Gasteiger charge is 1.91. The van der Waals surface area contributed by atoms with Crippen molar-refractivity contribution < 1.29 is 0 Å². The molecule has 0 aliphatic rings. The van der Waals surface area contributed by atoms with Crippen molar-refractivity contribution in [1.82, 2.24) is 9.97 Å².